The molecular weight excluding hydrogens is 242 g/mol. The predicted molar refractivity (Wildman–Crippen MR) is 75.2 cm³/mol. The van der Waals surface area contributed by atoms with Crippen molar-refractivity contribution in [1.82, 2.24) is 14.5 Å². The molecule has 0 aliphatic rings. The van der Waals surface area contributed by atoms with Gasteiger partial charge in [-0.1, -0.05) is 18.2 Å². The quantitative estimate of drug-likeness (QED) is 0.712. The van der Waals surface area contributed by atoms with Crippen LogP contribution in [-0.2, 0) is 6.54 Å². The monoisotopic (exact) mass is 255 g/mol. The minimum absolute atomic E-state index is 0.698. The number of aryl methyl sites for hydroxylation is 1. The fourth-order valence-corrected chi connectivity index (χ4v) is 2.40. The molecule has 0 atom stereocenters. The molecule has 3 nitrogen and oxygen atoms in total. The fourth-order valence-electron chi connectivity index (χ4n) is 2.13. The zero-order valence-corrected chi connectivity index (χ0v) is 10.9. The van der Waals surface area contributed by atoms with Crippen molar-refractivity contribution < 1.29 is 0 Å². The van der Waals surface area contributed by atoms with Gasteiger partial charge in [0.2, 0.25) is 0 Å². The second-order valence-corrected chi connectivity index (χ2v) is 4.69. The van der Waals surface area contributed by atoms with E-state index in [9.17, 15) is 0 Å². The van der Waals surface area contributed by atoms with Crippen molar-refractivity contribution in [1.29, 1.82) is 0 Å². The van der Waals surface area contributed by atoms with Gasteiger partial charge < -0.3 is 9.55 Å². The lowest BCUT2D eigenvalue weighted by Crippen LogP contribution is -2.01. The average molecular weight is 255 g/mol. The highest BCUT2D eigenvalue weighted by atomic mass is 32.1. The molecule has 2 heterocycles. The molecular formula is C14H13N3S. The summed E-state index contributed by atoms with van der Waals surface area (Å²) < 4.78 is 2.82. The lowest BCUT2D eigenvalue weighted by molar-refractivity contribution is 0.785. The molecule has 0 spiro atoms. The number of imidazole rings is 1. The molecule has 0 unspecified atom stereocenters. The van der Waals surface area contributed by atoms with Crippen LogP contribution in [0.25, 0.3) is 11.0 Å². The summed E-state index contributed by atoms with van der Waals surface area (Å²) in [5, 5.41) is 0. The van der Waals surface area contributed by atoms with Crippen LogP contribution in [0.4, 0.5) is 0 Å². The number of aromatic nitrogens is 3. The Bertz CT molecular complexity index is 741. The highest BCUT2D eigenvalue weighted by Gasteiger charge is 2.06. The summed E-state index contributed by atoms with van der Waals surface area (Å²) in [6.07, 6.45) is 1.80. The number of hydrogen-bond acceptors (Lipinski definition) is 2. The molecule has 0 fully saturated rings. The summed E-state index contributed by atoms with van der Waals surface area (Å²) >= 11 is 5.39. The number of rotatable bonds is 2. The summed E-state index contributed by atoms with van der Waals surface area (Å²) in [5.74, 6) is 0. The van der Waals surface area contributed by atoms with Gasteiger partial charge in [-0.15, -0.1) is 0 Å². The van der Waals surface area contributed by atoms with Crippen LogP contribution in [0.2, 0.25) is 0 Å². The van der Waals surface area contributed by atoms with Crippen molar-refractivity contribution in [2.75, 3.05) is 0 Å². The Morgan fingerprint density at radius 3 is 2.89 bits per heavy atom. The molecule has 0 radical (unpaired) electrons. The second-order valence-electron chi connectivity index (χ2n) is 4.31. The number of aromatic amines is 1. The fraction of sp³-hybridized carbons (Fsp3) is 0.143. The molecule has 0 saturated carbocycles. The van der Waals surface area contributed by atoms with Gasteiger partial charge >= 0.3 is 0 Å². The molecule has 90 valence electrons. The SMILES string of the molecule is Cc1cccc2c1[nH]c(=S)n2Cc1ccccn1. The predicted octanol–water partition coefficient (Wildman–Crippen LogP) is 3.45. The Labute approximate surface area is 110 Å². The third-order valence-electron chi connectivity index (χ3n) is 3.06. The van der Waals surface area contributed by atoms with Gasteiger partial charge in [-0.05, 0) is 42.9 Å². The van der Waals surface area contributed by atoms with Crippen molar-refractivity contribution in [2.24, 2.45) is 0 Å². The molecule has 0 aliphatic carbocycles. The van der Waals surface area contributed by atoms with E-state index in [0.717, 1.165) is 21.5 Å². The lowest BCUT2D eigenvalue weighted by Gasteiger charge is -2.04. The smallest absolute Gasteiger partial charge is 0.178 e. The van der Waals surface area contributed by atoms with Crippen LogP contribution in [0.15, 0.2) is 42.6 Å². The lowest BCUT2D eigenvalue weighted by atomic mass is 10.2. The number of fused-ring (bicyclic) bond motifs is 1. The van der Waals surface area contributed by atoms with E-state index in [4.69, 9.17) is 12.2 Å². The van der Waals surface area contributed by atoms with Crippen LogP contribution in [0.3, 0.4) is 0 Å². The van der Waals surface area contributed by atoms with Crippen molar-refractivity contribution in [2.45, 2.75) is 13.5 Å². The second kappa shape index (κ2) is 4.38. The van der Waals surface area contributed by atoms with E-state index in [0.29, 0.717) is 6.54 Å². The van der Waals surface area contributed by atoms with Gasteiger partial charge in [0.05, 0.1) is 23.3 Å². The molecule has 1 aromatic carbocycles. The first-order chi connectivity index (χ1) is 8.75. The number of nitrogens with one attached hydrogen (secondary N) is 1. The van der Waals surface area contributed by atoms with E-state index in [-0.39, 0.29) is 0 Å². The minimum Gasteiger partial charge on any atom is -0.330 e. The number of hydrogen-bond donors (Lipinski definition) is 1. The van der Waals surface area contributed by atoms with Gasteiger partial charge in [0.15, 0.2) is 4.77 Å². The van der Waals surface area contributed by atoms with E-state index >= 15 is 0 Å². The van der Waals surface area contributed by atoms with Crippen LogP contribution in [0.1, 0.15) is 11.3 Å². The van der Waals surface area contributed by atoms with Crippen LogP contribution >= 0.6 is 12.2 Å². The zero-order chi connectivity index (χ0) is 12.5. The van der Waals surface area contributed by atoms with Crippen LogP contribution in [0.5, 0.6) is 0 Å². The Kier molecular flexibility index (Phi) is 2.72. The minimum atomic E-state index is 0.698. The van der Waals surface area contributed by atoms with Gasteiger partial charge in [0, 0.05) is 6.20 Å². The molecule has 18 heavy (non-hydrogen) atoms. The molecule has 0 amide bonds. The van der Waals surface area contributed by atoms with E-state index in [1.54, 1.807) is 6.20 Å². The number of H-pyrrole nitrogens is 1. The number of para-hydroxylation sites is 1. The summed E-state index contributed by atoms with van der Waals surface area (Å²) in [4.78, 5) is 7.61. The van der Waals surface area contributed by atoms with Gasteiger partial charge in [-0.3, -0.25) is 4.98 Å². The summed E-state index contributed by atoms with van der Waals surface area (Å²) in [6, 6.07) is 12.1. The maximum absolute atomic E-state index is 5.39. The van der Waals surface area contributed by atoms with Crippen molar-refractivity contribution in [3.05, 3.63) is 58.6 Å². The Morgan fingerprint density at radius 1 is 1.22 bits per heavy atom. The molecule has 3 rings (SSSR count). The standard InChI is InChI=1S/C14H13N3S/c1-10-5-4-7-12-13(10)16-14(18)17(12)9-11-6-2-3-8-15-11/h2-8H,9H2,1H3,(H,16,18). The molecule has 0 saturated heterocycles. The first kappa shape index (κ1) is 11.2. The van der Waals surface area contributed by atoms with Gasteiger partial charge in [0.25, 0.3) is 0 Å². The third-order valence-corrected chi connectivity index (χ3v) is 3.39. The highest BCUT2D eigenvalue weighted by molar-refractivity contribution is 7.71. The van der Waals surface area contributed by atoms with Gasteiger partial charge in [-0.2, -0.15) is 0 Å². The molecule has 1 N–H and O–H groups in total. The van der Waals surface area contributed by atoms with Crippen LogP contribution in [-0.4, -0.2) is 14.5 Å². The molecule has 4 heteroatoms. The number of benzene rings is 1. The number of pyridine rings is 1. The molecule has 0 aliphatic heterocycles. The largest absolute Gasteiger partial charge is 0.330 e. The average Bonchev–Trinajstić information content (AvgIpc) is 2.70. The first-order valence-electron chi connectivity index (χ1n) is 5.84. The van der Waals surface area contributed by atoms with E-state index < -0.39 is 0 Å². The molecule has 2 aromatic heterocycles. The Morgan fingerprint density at radius 2 is 2.11 bits per heavy atom. The van der Waals surface area contributed by atoms with Crippen molar-refractivity contribution in [3.63, 3.8) is 0 Å². The summed E-state index contributed by atoms with van der Waals surface area (Å²) in [7, 11) is 0. The van der Waals surface area contributed by atoms with Crippen molar-refractivity contribution in [3.8, 4) is 0 Å². The topological polar surface area (TPSA) is 33.6 Å². The van der Waals surface area contributed by atoms with Crippen molar-refractivity contribution >= 4 is 23.3 Å². The van der Waals surface area contributed by atoms with Gasteiger partial charge in [0.1, 0.15) is 0 Å². The number of nitrogens with zero attached hydrogens (tertiary/aromatic N) is 2. The Balaban J connectivity index is 2.15. The normalized spacial score (nSPS) is 10.9. The van der Waals surface area contributed by atoms with E-state index in [1.165, 1.54) is 5.56 Å². The summed E-state index contributed by atoms with van der Waals surface area (Å²) in [5.41, 5.74) is 4.46. The maximum Gasteiger partial charge on any atom is 0.178 e. The maximum atomic E-state index is 5.39. The van der Waals surface area contributed by atoms with E-state index in [2.05, 4.69) is 39.7 Å². The third kappa shape index (κ3) is 1.84. The molecule has 3 aromatic rings. The first-order valence-corrected chi connectivity index (χ1v) is 6.24. The van der Waals surface area contributed by atoms with Crippen LogP contribution in [0, 0.1) is 11.7 Å². The zero-order valence-electron chi connectivity index (χ0n) is 10.1. The molecule has 0 bridgehead atoms. The summed E-state index contributed by atoms with van der Waals surface area (Å²) in [6.45, 7) is 2.78. The Hall–Kier alpha value is -1.94. The van der Waals surface area contributed by atoms with Gasteiger partial charge in [-0.25, -0.2) is 0 Å². The van der Waals surface area contributed by atoms with E-state index in [1.807, 2.05) is 18.2 Å². The van der Waals surface area contributed by atoms with Crippen LogP contribution < -0.4 is 0 Å². The highest BCUT2D eigenvalue weighted by Crippen LogP contribution is 2.18.